The molecule has 0 bridgehead atoms. The van der Waals surface area contributed by atoms with E-state index in [1.54, 1.807) is 6.20 Å². The van der Waals surface area contributed by atoms with Crippen LogP contribution in [0.1, 0.15) is 22.4 Å². The zero-order chi connectivity index (χ0) is 17.8. The number of aromatic nitrogens is 2. The van der Waals surface area contributed by atoms with E-state index in [0.717, 1.165) is 33.5 Å². The van der Waals surface area contributed by atoms with E-state index in [9.17, 15) is 4.79 Å². The smallest absolute Gasteiger partial charge is 0.230 e. The van der Waals surface area contributed by atoms with Gasteiger partial charge in [-0.15, -0.1) is 11.3 Å². The van der Waals surface area contributed by atoms with Gasteiger partial charge in [-0.2, -0.15) is 0 Å². The van der Waals surface area contributed by atoms with E-state index < -0.39 is 0 Å². The van der Waals surface area contributed by atoms with Crippen molar-refractivity contribution in [1.29, 1.82) is 0 Å². The minimum atomic E-state index is -0.0651. The number of hydrogen-bond acceptors (Lipinski definition) is 5. The Bertz CT molecular complexity index is 866. The van der Waals surface area contributed by atoms with E-state index in [-0.39, 0.29) is 12.3 Å². The van der Waals surface area contributed by atoms with Gasteiger partial charge in [0.05, 0.1) is 12.1 Å². The second-order valence-corrected chi connectivity index (χ2v) is 6.84. The molecular formula is C19H20N4OS. The van der Waals surface area contributed by atoms with Crippen molar-refractivity contribution in [1.82, 2.24) is 9.97 Å². The monoisotopic (exact) mass is 352 g/mol. The standard InChI is InChI=1S/C19H20N4OS/c1-12-8-13(2)18(14(3)9-12)23-17(24)10-15-11-25-19(21-15)22-16-6-4-5-7-20-16/h4-9,11H,10H2,1-3H3,(H,23,24)(H,20,21,22). The topological polar surface area (TPSA) is 66.9 Å². The third-order valence-corrected chi connectivity index (χ3v) is 4.54. The van der Waals surface area contributed by atoms with Crippen LogP contribution in [-0.4, -0.2) is 15.9 Å². The number of benzene rings is 1. The normalized spacial score (nSPS) is 10.5. The maximum atomic E-state index is 12.4. The number of thiazole rings is 1. The van der Waals surface area contributed by atoms with Crippen molar-refractivity contribution in [3.8, 4) is 0 Å². The van der Waals surface area contributed by atoms with Gasteiger partial charge in [-0.05, 0) is 44.0 Å². The lowest BCUT2D eigenvalue weighted by atomic mass is 10.0. The Morgan fingerprint density at radius 1 is 1.16 bits per heavy atom. The summed E-state index contributed by atoms with van der Waals surface area (Å²) in [5, 5.41) is 8.76. The molecule has 25 heavy (non-hydrogen) atoms. The number of aryl methyl sites for hydroxylation is 3. The van der Waals surface area contributed by atoms with Crippen molar-refractivity contribution in [3.63, 3.8) is 0 Å². The fourth-order valence-corrected chi connectivity index (χ4v) is 3.43. The minimum absolute atomic E-state index is 0.0651. The van der Waals surface area contributed by atoms with Crippen LogP contribution >= 0.6 is 11.3 Å². The fourth-order valence-electron chi connectivity index (χ4n) is 2.72. The zero-order valence-corrected chi connectivity index (χ0v) is 15.3. The van der Waals surface area contributed by atoms with E-state index in [1.165, 1.54) is 16.9 Å². The maximum absolute atomic E-state index is 12.4. The lowest BCUT2D eigenvalue weighted by molar-refractivity contribution is -0.115. The lowest BCUT2D eigenvalue weighted by Gasteiger charge is -2.12. The first-order valence-electron chi connectivity index (χ1n) is 8.01. The van der Waals surface area contributed by atoms with Crippen LogP contribution in [-0.2, 0) is 11.2 Å². The summed E-state index contributed by atoms with van der Waals surface area (Å²) >= 11 is 1.46. The van der Waals surface area contributed by atoms with E-state index in [2.05, 4.69) is 39.7 Å². The summed E-state index contributed by atoms with van der Waals surface area (Å²) in [6.45, 7) is 6.07. The molecule has 0 atom stereocenters. The van der Waals surface area contributed by atoms with Crippen molar-refractivity contribution in [2.75, 3.05) is 10.6 Å². The van der Waals surface area contributed by atoms with Crippen LogP contribution in [0.25, 0.3) is 0 Å². The predicted molar refractivity (Wildman–Crippen MR) is 103 cm³/mol. The molecule has 3 aromatic rings. The minimum Gasteiger partial charge on any atom is -0.325 e. The third kappa shape index (κ3) is 4.42. The molecule has 0 aliphatic heterocycles. The van der Waals surface area contributed by atoms with Crippen molar-refractivity contribution in [2.45, 2.75) is 27.2 Å². The molecule has 0 saturated carbocycles. The highest BCUT2D eigenvalue weighted by Crippen LogP contribution is 2.23. The number of anilines is 3. The summed E-state index contributed by atoms with van der Waals surface area (Å²) < 4.78 is 0. The first kappa shape index (κ1) is 17.1. The molecule has 0 saturated heterocycles. The molecule has 0 unspecified atom stereocenters. The van der Waals surface area contributed by atoms with Gasteiger partial charge in [-0.1, -0.05) is 23.8 Å². The van der Waals surface area contributed by atoms with Gasteiger partial charge in [-0.25, -0.2) is 9.97 Å². The van der Waals surface area contributed by atoms with Crippen LogP contribution in [0.5, 0.6) is 0 Å². The average Bonchev–Trinajstić information content (AvgIpc) is 2.98. The zero-order valence-electron chi connectivity index (χ0n) is 14.5. The SMILES string of the molecule is Cc1cc(C)c(NC(=O)Cc2csc(Nc3ccccn3)n2)c(C)c1. The van der Waals surface area contributed by atoms with Gasteiger partial charge in [0.1, 0.15) is 5.82 Å². The first-order valence-corrected chi connectivity index (χ1v) is 8.89. The highest BCUT2D eigenvalue weighted by Gasteiger charge is 2.11. The Balaban J connectivity index is 1.64. The van der Waals surface area contributed by atoms with Crippen LogP contribution in [0.2, 0.25) is 0 Å². The van der Waals surface area contributed by atoms with Gasteiger partial charge >= 0.3 is 0 Å². The summed E-state index contributed by atoms with van der Waals surface area (Å²) in [5.74, 6) is 0.670. The number of rotatable bonds is 5. The van der Waals surface area contributed by atoms with Gasteiger partial charge in [0, 0.05) is 17.3 Å². The Kier molecular flexibility index (Phi) is 5.09. The molecule has 2 N–H and O–H groups in total. The average molecular weight is 352 g/mol. The molecule has 128 valence electrons. The second-order valence-electron chi connectivity index (χ2n) is 5.98. The first-order chi connectivity index (χ1) is 12.0. The van der Waals surface area contributed by atoms with Crippen LogP contribution < -0.4 is 10.6 Å². The van der Waals surface area contributed by atoms with Crippen LogP contribution in [0, 0.1) is 20.8 Å². The Labute approximate surface area is 151 Å². The summed E-state index contributed by atoms with van der Waals surface area (Å²) in [4.78, 5) is 21.0. The van der Waals surface area contributed by atoms with E-state index in [0.29, 0.717) is 0 Å². The third-order valence-electron chi connectivity index (χ3n) is 3.73. The number of carbonyl (C=O) groups excluding carboxylic acids is 1. The molecule has 6 heteroatoms. The van der Waals surface area contributed by atoms with Gasteiger partial charge in [0.2, 0.25) is 5.91 Å². The van der Waals surface area contributed by atoms with Crippen LogP contribution in [0.3, 0.4) is 0 Å². The summed E-state index contributed by atoms with van der Waals surface area (Å²) in [7, 11) is 0. The van der Waals surface area contributed by atoms with Crippen molar-refractivity contribution >= 4 is 33.9 Å². The molecule has 1 amide bonds. The number of carbonyl (C=O) groups is 1. The number of nitrogens with zero attached hydrogens (tertiary/aromatic N) is 2. The van der Waals surface area contributed by atoms with Gasteiger partial charge < -0.3 is 10.6 Å². The summed E-state index contributed by atoms with van der Waals surface area (Å²) in [6, 6.07) is 9.78. The van der Waals surface area contributed by atoms with Gasteiger partial charge in [0.25, 0.3) is 0 Å². The molecule has 1 aromatic carbocycles. The Morgan fingerprint density at radius 2 is 1.92 bits per heavy atom. The number of pyridine rings is 1. The van der Waals surface area contributed by atoms with Gasteiger partial charge in [-0.3, -0.25) is 4.79 Å². The Hall–Kier alpha value is -2.73. The Morgan fingerprint density at radius 3 is 2.60 bits per heavy atom. The highest BCUT2D eigenvalue weighted by molar-refractivity contribution is 7.13. The van der Waals surface area contributed by atoms with Crippen molar-refractivity contribution in [2.24, 2.45) is 0 Å². The van der Waals surface area contributed by atoms with Gasteiger partial charge in [0.15, 0.2) is 5.13 Å². The highest BCUT2D eigenvalue weighted by atomic mass is 32.1. The lowest BCUT2D eigenvalue weighted by Crippen LogP contribution is -2.16. The molecule has 0 fully saturated rings. The molecule has 0 radical (unpaired) electrons. The molecule has 0 spiro atoms. The van der Waals surface area contributed by atoms with Crippen molar-refractivity contribution < 1.29 is 4.79 Å². The largest absolute Gasteiger partial charge is 0.325 e. The van der Waals surface area contributed by atoms with Crippen LogP contribution in [0.4, 0.5) is 16.6 Å². The number of amides is 1. The quantitative estimate of drug-likeness (QED) is 0.715. The number of nitrogens with one attached hydrogen (secondary N) is 2. The molecular weight excluding hydrogens is 332 g/mol. The molecule has 2 aromatic heterocycles. The molecule has 3 rings (SSSR count). The fraction of sp³-hybridized carbons (Fsp3) is 0.211. The second kappa shape index (κ2) is 7.44. The summed E-state index contributed by atoms with van der Waals surface area (Å²) in [5.41, 5.74) is 4.96. The maximum Gasteiger partial charge on any atom is 0.230 e. The van der Waals surface area contributed by atoms with E-state index >= 15 is 0 Å². The molecule has 5 nitrogen and oxygen atoms in total. The molecule has 0 aliphatic rings. The molecule has 0 aliphatic carbocycles. The van der Waals surface area contributed by atoms with Crippen LogP contribution in [0.15, 0.2) is 41.9 Å². The van der Waals surface area contributed by atoms with E-state index in [4.69, 9.17) is 0 Å². The molecule has 2 heterocycles. The summed E-state index contributed by atoms with van der Waals surface area (Å²) in [6.07, 6.45) is 1.96. The van der Waals surface area contributed by atoms with Crippen molar-refractivity contribution in [3.05, 3.63) is 64.3 Å². The number of hydrogen-bond donors (Lipinski definition) is 2. The predicted octanol–water partition coefficient (Wildman–Crippen LogP) is 4.39. The van der Waals surface area contributed by atoms with E-state index in [1.807, 2.05) is 37.4 Å².